The first-order valence-corrected chi connectivity index (χ1v) is 27.3. The van der Waals surface area contributed by atoms with Crippen molar-refractivity contribution in [3.63, 3.8) is 0 Å². The molecule has 1 saturated heterocycles. The van der Waals surface area contributed by atoms with Crippen LogP contribution in [0.25, 0.3) is 0 Å². The van der Waals surface area contributed by atoms with Crippen molar-refractivity contribution in [1.29, 1.82) is 0 Å². The van der Waals surface area contributed by atoms with E-state index < -0.39 is 67.3 Å². The van der Waals surface area contributed by atoms with Crippen LogP contribution in [0.15, 0.2) is 243 Å². The Morgan fingerprint density at radius 3 is 0.835 bits per heavy atom. The van der Waals surface area contributed by atoms with Crippen LogP contribution < -0.4 is 0 Å². The zero-order chi connectivity index (χ0) is 53.7. The van der Waals surface area contributed by atoms with Crippen LogP contribution in [0.1, 0.15) is 44.5 Å². The molecule has 0 bridgehead atoms. The highest BCUT2D eigenvalue weighted by Gasteiger charge is 2.57. The highest BCUT2D eigenvalue weighted by Crippen LogP contribution is 2.39. The Morgan fingerprint density at radius 2 is 0.506 bits per heavy atom. The topological polar surface area (TPSA) is 113 Å². The summed E-state index contributed by atoms with van der Waals surface area (Å²) in [6.07, 6.45) is -10.7. The summed E-state index contributed by atoms with van der Waals surface area (Å²) in [7, 11) is 0. The fourth-order valence-corrected chi connectivity index (χ4v) is 10.1. The van der Waals surface area contributed by atoms with Crippen LogP contribution in [0.3, 0.4) is 0 Å². The molecule has 1 aliphatic carbocycles. The third-order valence-corrected chi connectivity index (χ3v) is 14.2. The van der Waals surface area contributed by atoms with Crippen LogP contribution >= 0.6 is 0 Å². The minimum Gasteiger partial charge on any atom is -0.387 e. The Balaban J connectivity index is 1.07. The van der Waals surface area contributed by atoms with Crippen LogP contribution in [-0.2, 0) is 100 Å². The predicted octanol–water partition coefficient (Wildman–Crippen LogP) is 11.8. The van der Waals surface area contributed by atoms with Crippen LogP contribution in [0, 0.1) is 0 Å². The van der Waals surface area contributed by atoms with Gasteiger partial charge in [-0.05, 0) is 44.5 Å². The van der Waals surface area contributed by atoms with E-state index in [1.165, 1.54) is 0 Å². The van der Waals surface area contributed by atoms with E-state index in [0.717, 1.165) is 44.5 Å². The van der Waals surface area contributed by atoms with Gasteiger partial charge in [-0.15, -0.1) is 0 Å². The lowest BCUT2D eigenvalue weighted by Gasteiger charge is -2.51. The minimum atomic E-state index is -1.37. The van der Waals surface area contributed by atoms with Gasteiger partial charge in [-0.25, -0.2) is 0 Å². The van der Waals surface area contributed by atoms with E-state index in [1.54, 1.807) is 0 Å². The number of rotatable bonds is 27. The van der Waals surface area contributed by atoms with E-state index in [-0.39, 0.29) is 52.9 Å². The fourth-order valence-electron chi connectivity index (χ4n) is 10.1. The molecule has 0 amide bonds. The van der Waals surface area contributed by atoms with Gasteiger partial charge in [0.25, 0.3) is 0 Å². The van der Waals surface area contributed by atoms with Crippen LogP contribution in [0.5, 0.6) is 0 Å². The quantitative estimate of drug-likeness (QED) is 0.0531. The predicted molar refractivity (Wildman–Crippen MR) is 301 cm³/mol. The van der Waals surface area contributed by atoms with Crippen molar-refractivity contribution in [3.05, 3.63) is 287 Å². The molecule has 1 saturated carbocycles. The molecule has 8 aromatic rings. The molecule has 0 aromatic heterocycles. The molecule has 2 aliphatic rings. The van der Waals surface area contributed by atoms with Crippen molar-refractivity contribution in [1.82, 2.24) is 0 Å². The Hall–Kier alpha value is -6.68. The maximum Gasteiger partial charge on any atom is 0.187 e. The second-order valence-electron chi connectivity index (χ2n) is 20.0. The summed E-state index contributed by atoms with van der Waals surface area (Å²) < 4.78 is 70.7. The molecule has 2 fully saturated rings. The van der Waals surface area contributed by atoms with E-state index in [0.29, 0.717) is 6.61 Å². The number of aliphatic hydroxyl groups excluding tert-OH is 1. The van der Waals surface area contributed by atoms with Crippen molar-refractivity contribution in [2.24, 2.45) is 0 Å². The van der Waals surface area contributed by atoms with Crippen LogP contribution in [0.2, 0.25) is 0 Å². The molecule has 408 valence electrons. The second kappa shape index (κ2) is 29.5. The van der Waals surface area contributed by atoms with Crippen molar-refractivity contribution < 1.29 is 52.5 Å². The van der Waals surface area contributed by atoms with Crippen LogP contribution in [0.4, 0.5) is 0 Å². The lowest BCUT2D eigenvalue weighted by Crippen LogP contribution is -2.69. The Labute approximate surface area is 464 Å². The van der Waals surface area contributed by atoms with Gasteiger partial charge in [-0.2, -0.15) is 0 Å². The third-order valence-electron chi connectivity index (χ3n) is 14.2. The van der Waals surface area contributed by atoms with Gasteiger partial charge in [0.1, 0.15) is 61.0 Å². The van der Waals surface area contributed by atoms with E-state index in [1.807, 2.05) is 243 Å². The fraction of sp³-hybridized carbons (Fsp3) is 0.294. The summed E-state index contributed by atoms with van der Waals surface area (Å²) in [6, 6.07) is 79.8. The number of benzene rings is 8. The molecule has 79 heavy (non-hydrogen) atoms. The minimum absolute atomic E-state index is 0.104. The summed E-state index contributed by atoms with van der Waals surface area (Å²) in [5, 5.41) is 13.3. The van der Waals surface area contributed by atoms with Gasteiger partial charge >= 0.3 is 0 Å². The molecule has 8 aromatic carbocycles. The van der Waals surface area contributed by atoms with Crippen molar-refractivity contribution in [2.75, 3.05) is 6.61 Å². The van der Waals surface area contributed by atoms with Crippen molar-refractivity contribution >= 4 is 0 Å². The molecular weight excluding hydrogens is 993 g/mol. The van der Waals surface area contributed by atoms with Crippen molar-refractivity contribution in [3.8, 4) is 0 Å². The molecule has 11 nitrogen and oxygen atoms in total. The smallest absolute Gasteiger partial charge is 0.187 e. The van der Waals surface area contributed by atoms with Gasteiger partial charge in [-0.3, -0.25) is 0 Å². The van der Waals surface area contributed by atoms with Crippen molar-refractivity contribution in [2.45, 2.75) is 120 Å². The molecule has 0 unspecified atom stereocenters. The van der Waals surface area contributed by atoms with E-state index in [4.69, 9.17) is 47.4 Å². The maximum absolute atomic E-state index is 13.3. The molecule has 1 N–H and O–H groups in total. The lowest BCUT2D eigenvalue weighted by molar-refractivity contribution is -0.363. The second-order valence-corrected chi connectivity index (χ2v) is 20.0. The molecular formula is C68H70O11. The standard InChI is InChI=1S/C68H70O11/c69-59-61(72-43-52-29-13-3-14-30-52)64(74-45-54-33-17-5-18-34-54)66(76-47-56-37-21-7-22-38-56)65(75-46-55-35-19-6-20-36-55)62(59)79-68-67(77-48-57-39-23-8-24-40-57)63(73-44-53-31-15-4-16-32-53)60(71-42-51-27-11-2-12-28-51)58(78-68)49-70-41-50-25-9-1-10-26-50/h1-40,58-69H,41-49H2/t58-,59+,60-,61-,62-,63+,64+,65+,66+,67+,68-/m1/s1. The zero-order valence-corrected chi connectivity index (χ0v) is 44.3. The summed E-state index contributed by atoms with van der Waals surface area (Å²) in [6.45, 7) is 1.84. The van der Waals surface area contributed by atoms with E-state index in [2.05, 4.69) is 0 Å². The van der Waals surface area contributed by atoms with E-state index in [9.17, 15) is 5.11 Å². The zero-order valence-electron chi connectivity index (χ0n) is 44.3. The number of hydrogen-bond donors (Lipinski definition) is 1. The summed E-state index contributed by atoms with van der Waals surface area (Å²) >= 11 is 0. The van der Waals surface area contributed by atoms with Gasteiger partial charge in [0.15, 0.2) is 6.29 Å². The van der Waals surface area contributed by atoms with Gasteiger partial charge in [0.05, 0.1) is 59.5 Å². The highest BCUT2D eigenvalue weighted by molar-refractivity contribution is 5.20. The lowest BCUT2D eigenvalue weighted by atomic mass is 9.83. The molecule has 1 aliphatic heterocycles. The largest absolute Gasteiger partial charge is 0.387 e. The SMILES string of the molecule is O[C@H]1[C@@H](OCc2ccccc2)[C@H](OCc2ccccc2)[C@H](OCc2ccccc2)[C@@H](OCc2ccccc2)[C@@H]1O[C@H]1O[C@H](COCc2ccccc2)[C@@H](OCc2ccccc2)[C@H](OCc2ccccc2)[C@@H]1OCc1ccccc1. The molecule has 0 spiro atoms. The van der Waals surface area contributed by atoms with Gasteiger partial charge in [0, 0.05) is 0 Å². The Morgan fingerprint density at radius 1 is 0.266 bits per heavy atom. The van der Waals surface area contributed by atoms with E-state index >= 15 is 0 Å². The molecule has 10 rings (SSSR count). The summed E-state index contributed by atoms with van der Waals surface area (Å²) in [4.78, 5) is 0. The normalized spacial score (nSPS) is 24.0. The first kappa shape index (κ1) is 55.6. The number of ether oxygens (including phenoxy) is 10. The monoisotopic (exact) mass is 1060 g/mol. The third kappa shape index (κ3) is 16.0. The summed E-state index contributed by atoms with van der Waals surface area (Å²) in [5.74, 6) is 0. The van der Waals surface area contributed by atoms with Gasteiger partial charge in [-0.1, -0.05) is 243 Å². The average Bonchev–Trinajstić information content (AvgIpc) is 3.51. The first-order valence-electron chi connectivity index (χ1n) is 27.3. The maximum atomic E-state index is 13.3. The first-order chi connectivity index (χ1) is 39.1. The molecule has 11 atom stereocenters. The van der Waals surface area contributed by atoms with Gasteiger partial charge in [0.2, 0.25) is 0 Å². The molecule has 11 heteroatoms. The summed E-state index contributed by atoms with van der Waals surface area (Å²) in [5.41, 5.74) is 7.60. The Kier molecular flexibility index (Phi) is 20.8. The highest BCUT2D eigenvalue weighted by atomic mass is 16.7. The van der Waals surface area contributed by atoms with Gasteiger partial charge < -0.3 is 52.5 Å². The van der Waals surface area contributed by atoms with Crippen LogP contribution in [-0.4, -0.2) is 79.0 Å². The number of aliphatic hydroxyl groups is 1. The average molecular weight is 1060 g/mol. The number of hydrogen-bond acceptors (Lipinski definition) is 11. The molecule has 0 radical (unpaired) electrons. The Bertz CT molecular complexity index is 2910. The molecule has 1 heterocycles.